The third kappa shape index (κ3) is 5.06. The molecule has 2 heterocycles. The molecule has 1 saturated heterocycles. The van der Waals surface area contributed by atoms with Crippen molar-refractivity contribution in [2.75, 3.05) is 30.8 Å². The maximum absolute atomic E-state index is 12.0. The van der Waals surface area contributed by atoms with Crippen LogP contribution in [0.1, 0.15) is 40.9 Å². The first-order chi connectivity index (χ1) is 15.7. The van der Waals surface area contributed by atoms with Crippen LogP contribution in [0.15, 0.2) is 54.7 Å². The Morgan fingerprint density at radius 1 is 1.06 bits per heavy atom. The zero-order chi connectivity index (χ0) is 22.3. The predicted octanol–water partition coefficient (Wildman–Crippen LogP) is 3.37. The summed E-state index contributed by atoms with van der Waals surface area (Å²) in [5.41, 5.74) is 11.3. The van der Waals surface area contributed by atoms with Gasteiger partial charge in [0.15, 0.2) is 11.5 Å². The number of hydrogen-bond acceptors (Lipinski definition) is 6. The normalized spacial score (nSPS) is 13.7. The number of nitrogens with one attached hydrogen (secondary N) is 2. The average Bonchev–Trinajstić information content (AvgIpc) is 2.85. The molecule has 7 heteroatoms. The molecule has 2 aromatic carbocycles. The van der Waals surface area contributed by atoms with E-state index in [-0.39, 0.29) is 17.4 Å². The standard InChI is InChI=1S/C25H30N6O/c1-27-25(32)23-24(26)29-17-21(30-23)19-10-7-8-18(14-19)15-28-16-20-9-3-4-11-22(20)31-12-5-2-6-13-31/h3-4,7-11,14,17,28H,2,5-6,12-13,15-16H2,1H3,(H2,26,29)(H,27,32). The van der Waals surface area contributed by atoms with Gasteiger partial charge in [-0.1, -0.05) is 36.4 Å². The van der Waals surface area contributed by atoms with Crippen molar-refractivity contribution in [1.82, 2.24) is 20.6 Å². The van der Waals surface area contributed by atoms with E-state index in [2.05, 4.69) is 61.9 Å². The zero-order valence-corrected chi connectivity index (χ0v) is 18.5. The lowest BCUT2D eigenvalue weighted by molar-refractivity contribution is 0.0959. The van der Waals surface area contributed by atoms with Gasteiger partial charge in [0.1, 0.15) is 0 Å². The average molecular weight is 431 g/mol. The molecular formula is C25H30N6O. The summed E-state index contributed by atoms with van der Waals surface area (Å²) in [4.78, 5) is 23.1. The molecule has 4 N–H and O–H groups in total. The Labute approximate surface area is 189 Å². The van der Waals surface area contributed by atoms with Crippen molar-refractivity contribution in [2.45, 2.75) is 32.4 Å². The molecule has 1 aromatic heterocycles. The number of nitrogens with two attached hydrogens (primary N) is 1. The number of anilines is 2. The van der Waals surface area contributed by atoms with Crippen molar-refractivity contribution in [3.05, 3.63) is 71.5 Å². The van der Waals surface area contributed by atoms with Gasteiger partial charge in [0.05, 0.1) is 11.9 Å². The number of para-hydroxylation sites is 1. The number of piperidine rings is 1. The van der Waals surface area contributed by atoms with Gasteiger partial charge in [-0.2, -0.15) is 0 Å². The SMILES string of the molecule is CNC(=O)c1nc(-c2cccc(CNCc3ccccc3N3CCCCC3)c2)cnc1N. The summed E-state index contributed by atoms with van der Waals surface area (Å²) in [5.74, 6) is -0.222. The fourth-order valence-electron chi connectivity index (χ4n) is 4.11. The van der Waals surface area contributed by atoms with E-state index < -0.39 is 0 Å². The molecule has 3 aromatic rings. The molecule has 1 fully saturated rings. The lowest BCUT2D eigenvalue weighted by atomic mass is 10.1. The fourth-order valence-corrected chi connectivity index (χ4v) is 4.11. The van der Waals surface area contributed by atoms with Gasteiger partial charge in [-0.15, -0.1) is 0 Å². The number of carbonyl (C=O) groups excluding carboxylic acids is 1. The third-order valence-electron chi connectivity index (χ3n) is 5.80. The van der Waals surface area contributed by atoms with Gasteiger partial charge >= 0.3 is 0 Å². The molecular weight excluding hydrogens is 400 g/mol. The summed E-state index contributed by atoms with van der Waals surface area (Å²) in [6.45, 7) is 3.81. The van der Waals surface area contributed by atoms with Crippen LogP contribution in [0.5, 0.6) is 0 Å². The Morgan fingerprint density at radius 3 is 2.69 bits per heavy atom. The highest BCUT2D eigenvalue weighted by Crippen LogP contribution is 2.24. The second kappa shape index (κ2) is 10.2. The van der Waals surface area contributed by atoms with Crippen molar-refractivity contribution >= 4 is 17.4 Å². The minimum Gasteiger partial charge on any atom is -0.382 e. The summed E-state index contributed by atoms with van der Waals surface area (Å²) in [5, 5.41) is 6.13. The van der Waals surface area contributed by atoms with Crippen molar-refractivity contribution in [2.24, 2.45) is 0 Å². The molecule has 0 atom stereocenters. The molecule has 0 radical (unpaired) electrons. The smallest absolute Gasteiger partial charge is 0.273 e. The van der Waals surface area contributed by atoms with E-state index in [1.807, 2.05) is 12.1 Å². The minimum absolute atomic E-state index is 0.123. The van der Waals surface area contributed by atoms with E-state index in [4.69, 9.17) is 5.73 Å². The number of carbonyl (C=O) groups is 1. The number of aromatic nitrogens is 2. The van der Waals surface area contributed by atoms with Crippen LogP contribution < -0.4 is 21.3 Å². The first-order valence-corrected chi connectivity index (χ1v) is 11.1. The molecule has 32 heavy (non-hydrogen) atoms. The Balaban J connectivity index is 1.44. The highest BCUT2D eigenvalue weighted by Gasteiger charge is 2.15. The molecule has 0 bridgehead atoms. The van der Waals surface area contributed by atoms with Crippen LogP contribution in [-0.2, 0) is 13.1 Å². The Hall–Kier alpha value is -3.45. The Bertz CT molecular complexity index is 1080. The molecule has 4 rings (SSSR count). The quantitative estimate of drug-likeness (QED) is 0.532. The molecule has 1 amide bonds. The van der Waals surface area contributed by atoms with Crippen molar-refractivity contribution < 1.29 is 4.79 Å². The van der Waals surface area contributed by atoms with Crippen LogP contribution in [0.3, 0.4) is 0 Å². The van der Waals surface area contributed by atoms with Crippen LogP contribution in [0.4, 0.5) is 11.5 Å². The predicted molar refractivity (Wildman–Crippen MR) is 128 cm³/mol. The summed E-state index contributed by atoms with van der Waals surface area (Å²) in [6.07, 6.45) is 5.47. The van der Waals surface area contributed by atoms with Gasteiger partial charge in [-0.05, 0) is 42.5 Å². The second-order valence-corrected chi connectivity index (χ2v) is 8.05. The van der Waals surface area contributed by atoms with Gasteiger partial charge in [0.2, 0.25) is 0 Å². The fraction of sp³-hybridized carbons (Fsp3) is 0.320. The van der Waals surface area contributed by atoms with Crippen LogP contribution >= 0.6 is 0 Å². The lowest BCUT2D eigenvalue weighted by Gasteiger charge is -2.30. The van der Waals surface area contributed by atoms with Gasteiger partial charge in [0.25, 0.3) is 5.91 Å². The number of amides is 1. The molecule has 1 aliphatic heterocycles. The van der Waals surface area contributed by atoms with Crippen molar-refractivity contribution in [3.8, 4) is 11.3 Å². The minimum atomic E-state index is -0.345. The monoisotopic (exact) mass is 430 g/mol. The maximum Gasteiger partial charge on any atom is 0.273 e. The molecule has 7 nitrogen and oxygen atoms in total. The highest BCUT2D eigenvalue weighted by atomic mass is 16.1. The molecule has 1 aliphatic rings. The number of hydrogen-bond donors (Lipinski definition) is 3. The van der Waals surface area contributed by atoms with Crippen LogP contribution in [-0.4, -0.2) is 36.0 Å². The van der Waals surface area contributed by atoms with Crippen LogP contribution in [0, 0.1) is 0 Å². The number of benzene rings is 2. The van der Waals surface area contributed by atoms with E-state index in [0.29, 0.717) is 5.69 Å². The van der Waals surface area contributed by atoms with E-state index in [0.717, 1.165) is 37.3 Å². The zero-order valence-electron chi connectivity index (χ0n) is 18.5. The third-order valence-corrected chi connectivity index (χ3v) is 5.80. The van der Waals surface area contributed by atoms with E-state index in [1.54, 1.807) is 13.2 Å². The second-order valence-electron chi connectivity index (χ2n) is 8.05. The van der Waals surface area contributed by atoms with Gasteiger partial charge in [-0.3, -0.25) is 4.79 Å². The topological polar surface area (TPSA) is 96.2 Å². The van der Waals surface area contributed by atoms with Crippen molar-refractivity contribution in [1.29, 1.82) is 0 Å². The maximum atomic E-state index is 12.0. The molecule has 0 spiro atoms. The largest absolute Gasteiger partial charge is 0.382 e. The van der Waals surface area contributed by atoms with E-state index >= 15 is 0 Å². The Morgan fingerprint density at radius 2 is 1.88 bits per heavy atom. The van der Waals surface area contributed by atoms with Crippen molar-refractivity contribution in [3.63, 3.8) is 0 Å². The van der Waals surface area contributed by atoms with Crippen LogP contribution in [0.25, 0.3) is 11.3 Å². The number of rotatable bonds is 7. The van der Waals surface area contributed by atoms with Gasteiger partial charge < -0.3 is 21.3 Å². The Kier molecular flexibility index (Phi) is 6.97. The highest BCUT2D eigenvalue weighted by molar-refractivity contribution is 5.96. The molecule has 0 aliphatic carbocycles. The number of nitrogen functional groups attached to an aromatic ring is 1. The van der Waals surface area contributed by atoms with Gasteiger partial charge in [0, 0.05) is 44.5 Å². The summed E-state index contributed by atoms with van der Waals surface area (Å²) in [6, 6.07) is 16.8. The van der Waals surface area contributed by atoms with Crippen LogP contribution in [0.2, 0.25) is 0 Å². The lowest BCUT2D eigenvalue weighted by Crippen LogP contribution is -2.30. The van der Waals surface area contributed by atoms with E-state index in [9.17, 15) is 4.79 Å². The molecule has 0 saturated carbocycles. The van der Waals surface area contributed by atoms with Gasteiger partial charge in [-0.25, -0.2) is 9.97 Å². The first kappa shape index (κ1) is 21.8. The summed E-state index contributed by atoms with van der Waals surface area (Å²) >= 11 is 0. The molecule has 0 unspecified atom stereocenters. The molecule has 166 valence electrons. The first-order valence-electron chi connectivity index (χ1n) is 11.1. The van der Waals surface area contributed by atoms with E-state index in [1.165, 1.54) is 30.5 Å². The summed E-state index contributed by atoms with van der Waals surface area (Å²) in [7, 11) is 1.55. The summed E-state index contributed by atoms with van der Waals surface area (Å²) < 4.78 is 0. The number of nitrogens with zero attached hydrogens (tertiary/aromatic N) is 3.